The molecule has 9 heteroatoms. The Morgan fingerprint density at radius 1 is 0.839 bits per heavy atom. The molecule has 0 heterocycles. The summed E-state index contributed by atoms with van der Waals surface area (Å²) >= 11 is 0. The average Bonchev–Trinajstić information content (AvgIpc) is 2.78. The summed E-state index contributed by atoms with van der Waals surface area (Å²) in [6.07, 6.45) is 0. The van der Waals surface area contributed by atoms with Crippen LogP contribution in [-0.4, -0.2) is 31.4 Å². The molecule has 0 unspecified atom stereocenters. The summed E-state index contributed by atoms with van der Waals surface area (Å²) in [6, 6.07) is 12.5. The third-order valence-corrected chi connectivity index (χ3v) is 4.73. The third-order valence-electron chi connectivity index (χ3n) is 4.73. The van der Waals surface area contributed by atoms with Crippen molar-refractivity contribution in [3.05, 3.63) is 64.2 Å². The standard InChI is InChI=1S/C22H21N3O6/c1-13-16(17-10-12-19(29-2)22(31-4)21(17)30-3)9-11-18(26)20(13)24-23-14-5-7-15(8-6-14)25(27)28/h5-12,26H,1-4H3. The highest BCUT2D eigenvalue weighted by molar-refractivity contribution is 5.82. The van der Waals surface area contributed by atoms with Crippen molar-refractivity contribution in [3.63, 3.8) is 0 Å². The van der Waals surface area contributed by atoms with Gasteiger partial charge in [0.2, 0.25) is 5.75 Å². The largest absolute Gasteiger partial charge is 0.506 e. The second-order valence-electron chi connectivity index (χ2n) is 6.46. The van der Waals surface area contributed by atoms with E-state index < -0.39 is 4.92 Å². The van der Waals surface area contributed by atoms with Crippen molar-refractivity contribution in [2.45, 2.75) is 6.92 Å². The van der Waals surface area contributed by atoms with Crippen molar-refractivity contribution < 1.29 is 24.2 Å². The summed E-state index contributed by atoms with van der Waals surface area (Å²) in [6.45, 7) is 1.80. The molecular weight excluding hydrogens is 402 g/mol. The summed E-state index contributed by atoms with van der Waals surface area (Å²) < 4.78 is 16.4. The number of azo groups is 1. The maximum Gasteiger partial charge on any atom is 0.269 e. The summed E-state index contributed by atoms with van der Waals surface area (Å²) in [4.78, 5) is 10.3. The fourth-order valence-corrected chi connectivity index (χ4v) is 3.17. The normalized spacial score (nSPS) is 10.8. The highest BCUT2D eigenvalue weighted by atomic mass is 16.6. The molecule has 9 nitrogen and oxygen atoms in total. The van der Waals surface area contributed by atoms with Crippen molar-refractivity contribution in [2.75, 3.05) is 21.3 Å². The van der Waals surface area contributed by atoms with Gasteiger partial charge in [0.05, 0.1) is 31.9 Å². The van der Waals surface area contributed by atoms with Gasteiger partial charge in [-0.2, -0.15) is 5.11 Å². The van der Waals surface area contributed by atoms with Crippen LogP contribution in [0.5, 0.6) is 23.0 Å². The number of methoxy groups -OCH3 is 3. The van der Waals surface area contributed by atoms with E-state index >= 15 is 0 Å². The molecule has 0 bridgehead atoms. The van der Waals surface area contributed by atoms with E-state index in [4.69, 9.17) is 14.2 Å². The number of phenols is 1. The molecule has 0 aromatic heterocycles. The molecule has 0 fully saturated rings. The number of aromatic hydroxyl groups is 1. The van der Waals surface area contributed by atoms with Crippen LogP contribution in [0, 0.1) is 17.0 Å². The van der Waals surface area contributed by atoms with E-state index in [1.54, 1.807) is 26.2 Å². The molecule has 3 aromatic rings. The number of nitro benzene ring substituents is 1. The van der Waals surface area contributed by atoms with Gasteiger partial charge in [-0.15, -0.1) is 5.11 Å². The summed E-state index contributed by atoms with van der Waals surface area (Å²) in [5.41, 5.74) is 2.79. The molecule has 0 aliphatic rings. The van der Waals surface area contributed by atoms with Crippen LogP contribution in [0.3, 0.4) is 0 Å². The molecule has 3 rings (SSSR count). The van der Waals surface area contributed by atoms with Crippen LogP contribution < -0.4 is 14.2 Å². The van der Waals surface area contributed by atoms with Crippen molar-refractivity contribution in [2.24, 2.45) is 10.2 Å². The number of hydrogen-bond donors (Lipinski definition) is 1. The molecule has 0 spiro atoms. The lowest BCUT2D eigenvalue weighted by atomic mass is 9.97. The summed E-state index contributed by atoms with van der Waals surface area (Å²) in [7, 11) is 4.60. The van der Waals surface area contributed by atoms with E-state index in [-0.39, 0.29) is 17.1 Å². The maximum absolute atomic E-state index is 10.8. The highest BCUT2D eigenvalue weighted by Crippen LogP contribution is 2.47. The van der Waals surface area contributed by atoms with Gasteiger partial charge in [-0.3, -0.25) is 10.1 Å². The van der Waals surface area contributed by atoms with Gasteiger partial charge in [-0.1, -0.05) is 6.07 Å². The molecular formula is C22H21N3O6. The average molecular weight is 423 g/mol. The van der Waals surface area contributed by atoms with Gasteiger partial charge in [0.1, 0.15) is 11.4 Å². The molecule has 0 saturated heterocycles. The van der Waals surface area contributed by atoms with Gasteiger partial charge in [0, 0.05) is 17.7 Å². The highest BCUT2D eigenvalue weighted by Gasteiger charge is 2.20. The van der Waals surface area contributed by atoms with Crippen LogP contribution in [0.4, 0.5) is 17.1 Å². The Morgan fingerprint density at radius 3 is 2.06 bits per heavy atom. The maximum atomic E-state index is 10.8. The Balaban J connectivity index is 2.06. The predicted molar refractivity (Wildman–Crippen MR) is 115 cm³/mol. The minimum Gasteiger partial charge on any atom is -0.506 e. The Hall–Kier alpha value is -4.14. The molecule has 0 amide bonds. The number of non-ortho nitro benzene ring substituents is 1. The first kappa shape index (κ1) is 21.6. The van der Waals surface area contributed by atoms with Crippen LogP contribution >= 0.6 is 0 Å². The van der Waals surface area contributed by atoms with Gasteiger partial charge >= 0.3 is 0 Å². The first-order valence-corrected chi connectivity index (χ1v) is 9.19. The molecule has 3 aromatic carbocycles. The number of nitrogens with zero attached hydrogens (tertiary/aromatic N) is 3. The lowest BCUT2D eigenvalue weighted by Gasteiger charge is -2.17. The predicted octanol–water partition coefficient (Wildman–Crippen LogP) is 5.72. The Labute approximate surface area is 178 Å². The molecule has 160 valence electrons. The lowest BCUT2D eigenvalue weighted by molar-refractivity contribution is -0.384. The zero-order valence-electron chi connectivity index (χ0n) is 17.4. The van der Waals surface area contributed by atoms with Crippen LogP contribution in [0.15, 0.2) is 58.8 Å². The van der Waals surface area contributed by atoms with Crippen molar-refractivity contribution >= 4 is 17.1 Å². The number of rotatable bonds is 7. The minimum absolute atomic E-state index is 0.0412. The fraction of sp³-hybridized carbons (Fsp3) is 0.182. The molecule has 0 atom stereocenters. The molecule has 0 aliphatic heterocycles. The number of benzene rings is 3. The molecule has 1 N–H and O–H groups in total. The van der Waals surface area contributed by atoms with E-state index in [1.807, 2.05) is 6.07 Å². The quantitative estimate of drug-likeness (QED) is 0.295. The van der Waals surface area contributed by atoms with Gasteiger partial charge in [-0.25, -0.2) is 0 Å². The SMILES string of the molecule is COc1ccc(-c2ccc(O)c(N=Nc3ccc([N+](=O)[O-])cc3)c2C)c(OC)c1OC. The Kier molecular flexibility index (Phi) is 6.35. The number of hydrogen-bond acceptors (Lipinski definition) is 8. The lowest BCUT2D eigenvalue weighted by Crippen LogP contribution is -1.97. The number of nitro groups is 1. The molecule has 0 saturated carbocycles. The minimum atomic E-state index is -0.489. The van der Waals surface area contributed by atoms with Gasteiger partial charge < -0.3 is 19.3 Å². The molecule has 31 heavy (non-hydrogen) atoms. The van der Waals surface area contributed by atoms with E-state index in [0.29, 0.717) is 28.5 Å². The van der Waals surface area contributed by atoms with Crippen LogP contribution in [0.1, 0.15) is 5.56 Å². The van der Waals surface area contributed by atoms with Gasteiger partial charge in [-0.05, 0) is 48.4 Å². The third kappa shape index (κ3) is 4.25. The van der Waals surface area contributed by atoms with Gasteiger partial charge in [0.15, 0.2) is 11.5 Å². The second kappa shape index (κ2) is 9.12. The fourth-order valence-electron chi connectivity index (χ4n) is 3.17. The Bertz CT molecular complexity index is 1140. The van der Waals surface area contributed by atoms with Crippen molar-refractivity contribution in [1.82, 2.24) is 0 Å². The zero-order valence-corrected chi connectivity index (χ0v) is 17.4. The molecule has 0 radical (unpaired) electrons. The molecule has 0 aliphatic carbocycles. The summed E-state index contributed by atoms with van der Waals surface area (Å²) in [5.74, 6) is 1.40. The first-order valence-electron chi connectivity index (χ1n) is 9.19. The number of ether oxygens (including phenoxy) is 3. The Morgan fingerprint density at radius 2 is 1.48 bits per heavy atom. The van der Waals surface area contributed by atoms with Crippen LogP contribution in [0.2, 0.25) is 0 Å². The van der Waals surface area contributed by atoms with E-state index in [0.717, 1.165) is 11.1 Å². The van der Waals surface area contributed by atoms with Crippen LogP contribution in [0.25, 0.3) is 11.1 Å². The topological polar surface area (TPSA) is 116 Å². The van der Waals surface area contributed by atoms with E-state index in [2.05, 4.69) is 10.2 Å². The first-order chi connectivity index (χ1) is 14.9. The van der Waals surface area contributed by atoms with Crippen molar-refractivity contribution in [3.8, 4) is 34.1 Å². The van der Waals surface area contributed by atoms with E-state index in [9.17, 15) is 15.2 Å². The van der Waals surface area contributed by atoms with Gasteiger partial charge in [0.25, 0.3) is 5.69 Å². The van der Waals surface area contributed by atoms with Crippen LogP contribution in [-0.2, 0) is 0 Å². The summed E-state index contributed by atoms with van der Waals surface area (Å²) in [5, 5.41) is 29.4. The monoisotopic (exact) mass is 423 g/mol. The smallest absolute Gasteiger partial charge is 0.269 e. The zero-order chi connectivity index (χ0) is 22.5. The van der Waals surface area contributed by atoms with Crippen molar-refractivity contribution in [1.29, 1.82) is 0 Å². The number of phenolic OH excluding ortho intramolecular Hbond substituents is 1. The van der Waals surface area contributed by atoms with E-state index in [1.165, 1.54) is 44.6 Å². The second-order valence-corrected chi connectivity index (χ2v) is 6.46.